The predicted octanol–water partition coefficient (Wildman–Crippen LogP) is 4.00. The number of aryl methyl sites for hydroxylation is 2. The topological polar surface area (TPSA) is 12.0 Å². The van der Waals surface area contributed by atoms with Crippen molar-refractivity contribution in [3.05, 3.63) is 29.3 Å². The summed E-state index contributed by atoms with van der Waals surface area (Å²) in [6, 6.07) is 7.36. The van der Waals surface area contributed by atoms with Gasteiger partial charge >= 0.3 is 0 Å². The standard InChI is InChI=1S/C14H21NS/c1-10-7-11(2)9-13(8-10)15-14-5-4-6-16-12(14)3/h7-9,12,14-15H,4-6H2,1-3H3. The summed E-state index contributed by atoms with van der Waals surface area (Å²) in [7, 11) is 0. The molecule has 2 rings (SSSR count). The molecule has 1 nitrogen and oxygen atoms in total. The Morgan fingerprint density at radius 3 is 2.50 bits per heavy atom. The van der Waals surface area contributed by atoms with E-state index in [1.165, 1.54) is 35.4 Å². The lowest BCUT2D eigenvalue weighted by Gasteiger charge is -2.30. The van der Waals surface area contributed by atoms with E-state index in [1.54, 1.807) is 0 Å². The SMILES string of the molecule is Cc1cc(C)cc(NC2CCCSC2C)c1. The van der Waals surface area contributed by atoms with Crippen LogP contribution in [-0.4, -0.2) is 17.0 Å². The molecule has 1 N–H and O–H groups in total. The van der Waals surface area contributed by atoms with Gasteiger partial charge < -0.3 is 5.32 Å². The highest BCUT2D eigenvalue weighted by molar-refractivity contribution is 8.00. The van der Waals surface area contributed by atoms with E-state index in [4.69, 9.17) is 0 Å². The lowest BCUT2D eigenvalue weighted by molar-refractivity contribution is 0.617. The summed E-state index contributed by atoms with van der Waals surface area (Å²) < 4.78 is 0. The van der Waals surface area contributed by atoms with Crippen LogP contribution in [0, 0.1) is 13.8 Å². The Morgan fingerprint density at radius 1 is 1.19 bits per heavy atom. The Kier molecular flexibility index (Phi) is 3.80. The fraction of sp³-hybridized carbons (Fsp3) is 0.571. The van der Waals surface area contributed by atoms with Crippen molar-refractivity contribution in [3.63, 3.8) is 0 Å². The van der Waals surface area contributed by atoms with Gasteiger partial charge in [-0.3, -0.25) is 0 Å². The molecular weight excluding hydrogens is 214 g/mol. The quantitative estimate of drug-likeness (QED) is 0.831. The molecule has 0 radical (unpaired) electrons. The van der Waals surface area contributed by atoms with E-state index in [0.717, 1.165) is 5.25 Å². The Morgan fingerprint density at radius 2 is 1.88 bits per heavy atom. The number of thioether (sulfide) groups is 1. The second kappa shape index (κ2) is 5.13. The fourth-order valence-corrected chi connectivity index (χ4v) is 3.53. The third-order valence-electron chi connectivity index (χ3n) is 3.18. The lowest BCUT2D eigenvalue weighted by Crippen LogP contribution is -2.32. The second-order valence-electron chi connectivity index (χ2n) is 4.85. The largest absolute Gasteiger partial charge is 0.381 e. The van der Waals surface area contributed by atoms with Gasteiger partial charge in [0.1, 0.15) is 0 Å². The van der Waals surface area contributed by atoms with Crippen LogP contribution in [0.25, 0.3) is 0 Å². The van der Waals surface area contributed by atoms with Crippen LogP contribution in [0.2, 0.25) is 0 Å². The fourth-order valence-electron chi connectivity index (χ4n) is 2.38. The van der Waals surface area contributed by atoms with Crippen LogP contribution in [0.15, 0.2) is 18.2 Å². The van der Waals surface area contributed by atoms with Crippen LogP contribution in [-0.2, 0) is 0 Å². The molecule has 2 unspecified atom stereocenters. The van der Waals surface area contributed by atoms with Gasteiger partial charge in [0.2, 0.25) is 0 Å². The second-order valence-corrected chi connectivity index (χ2v) is 6.33. The predicted molar refractivity (Wildman–Crippen MR) is 74.5 cm³/mol. The highest BCUT2D eigenvalue weighted by Gasteiger charge is 2.21. The van der Waals surface area contributed by atoms with Gasteiger partial charge in [0, 0.05) is 17.0 Å². The zero-order valence-electron chi connectivity index (χ0n) is 10.4. The van der Waals surface area contributed by atoms with Crippen LogP contribution in [0.3, 0.4) is 0 Å². The van der Waals surface area contributed by atoms with E-state index in [1.807, 2.05) is 0 Å². The normalized spacial score (nSPS) is 25.4. The molecule has 1 aliphatic rings. The zero-order valence-corrected chi connectivity index (χ0v) is 11.2. The summed E-state index contributed by atoms with van der Waals surface area (Å²) in [5.41, 5.74) is 3.98. The summed E-state index contributed by atoms with van der Waals surface area (Å²) in [5, 5.41) is 4.42. The molecule has 16 heavy (non-hydrogen) atoms. The molecule has 1 aromatic rings. The first kappa shape index (κ1) is 11.8. The van der Waals surface area contributed by atoms with Gasteiger partial charge in [-0.05, 0) is 55.7 Å². The Balaban J connectivity index is 2.07. The maximum Gasteiger partial charge on any atom is 0.0377 e. The van der Waals surface area contributed by atoms with Crippen molar-refractivity contribution in [2.45, 2.75) is 44.9 Å². The summed E-state index contributed by atoms with van der Waals surface area (Å²) in [5.74, 6) is 1.33. The summed E-state index contributed by atoms with van der Waals surface area (Å²) >= 11 is 2.09. The van der Waals surface area contributed by atoms with E-state index in [2.05, 4.69) is 56.0 Å². The molecule has 0 saturated carbocycles. The summed E-state index contributed by atoms with van der Waals surface area (Å²) in [4.78, 5) is 0. The van der Waals surface area contributed by atoms with E-state index in [0.29, 0.717) is 6.04 Å². The van der Waals surface area contributed by atoms with Crippen LogP contribution < -0.4 is 5.32 Å². The number of anilines is 1. The average molecular weight is 235 g/mol. The minimum Gasteiger partial charge on any atom is -0.381 e. The molecule has 0 bridgehead atoms. The number of hydrogen-bond donors (Lipinski definition) is 1. The smallest absolute Gasteiger partial charge is 0.0377 e. The number of benzene rings is 1. The highest BCUT2D eigenvalue weighted by Crippen LogP contribution is 2.28. The van der Waals surface area contributed by atoms with Crippen LogP contribution in [0.5, 0.6) is 0 Å². The van der Waals surface area contributed by atoms with Crippen LogP contribution in [0.1, 0.15) is 30.9 Å². The Hall–Kier alpha value is -0.630. The molecule has 0 aromatic heterocycles. The maximum atomic E-state index is 3.69. The minimum absolute atomic E-state index is 0.639. The Bertz CT molecular complexity index is 342. The summed E-state index contributed by atoms with van der Waals surface area (Å²) in [6.07, 6.45) is 2.65. The van der Waals surface area contributed by atoms with Crippen molar-refractivity contribution in [1.29, 1.82) is 0 Å². The molecule has 1 aliphatic heterocycles. The molecule has 1 heterocycles. The molecule has 2 atom stereocenters. The highest BCUT2D eigenvalue weighted by atomic mass is 32.2. The van der Waals surface area contributed by atoms with Gasteiger partial charge in [-0.1, -0.05) is 13.0 Å². The van der Waals surface area contributed by atoms with Crippen molar-refractivity contribution >= 4 is 17.4 Å². The lowest BCUT2D eigenvalue weighted by atomic mass is 10.1. The summed E-state index contributed by atoms with van der Waals surface area (Å²) in [6.45, 7) is 6.67. The number of rotatable bonds is 2. The van der Waals surface area contributed by atoms with Gasteiger partial charge in [0.25, 0.3) is 0 Å². The molecular formula is C14H21NS. The molecule has 0 spiro atoms. The molecule has 0 amide bonds. The third kappa shape index (κ3) is 2.94. The first-order chi connectivity index (χ1) is 7.65. The Labute approximate surface area is 103 Å². The van der Waals surface area contributed by atoms with E-state index in [-0.39, 0.29) is 0 Å². The first-order valence-corrected chi connectivity index (χ1v) is 7.16. The van der Waals surface area contributed by atoms with Gasteiger partial charge in [0.05, 0.1) is 0 Å². The van der Waals surface area contributed by atoms with Crippen molar-refractivity contribution < 1.29 is 0 Å². The van der Waals surface area contributed by atoms with Gasteiger partial charge in [-0.25, -0.2) is 0 Å². The van der Waals surface area contributed by atoms with Crippen LogP contribution in [0.4, 0.5) is 5.69 Å². The first-order valence-electron chi connectivity index (χ1n) is 6.11. The number of nitrogens with one attached hydrogen (secondary N) is 1. The molecule has 2 heteroatoms. The zero-order chi connectivity index (χ0) is 11.5. The molecule has 0 aliphatic carbocycles. The maximum absolute atomic E-state index is 3.69. The van der Waals surface area contributed by atoms with Gasteiger partial charge in [0.15, 0.2) is 0 Å². The van der Waals surface area contributed by atoms with E-state index in [9.17, 15) is 0 Å². The van der Waals surface area contributed by atoms with Gasteiger partial charge in [-0.2, -0.15) is 11.8 Å². The molecule has 1 aromatic carbocycles. The molecule has 1 fully saturated rings. The van der Waals surface area contributed by atoms with Crippen LogP contribution >= 0.6 is 11.8 Å². The van der Waals surface area contributed by atoms with E-state index >= 15 is 0 Å². The average Bonchev–Trinajstić information content (AvgIpc) is 2.20. The van der Waals surface area contributed by atoms with Crippen molar-refractivity contribution in [1.82, 2.24) is 0 Å². The van der Waals surface area contributed by atoms with Crippen molar-refractivity contribution in [2.24, 2.45) is 0 Å². The van der Waals surface area contributed by atoms with Gasteiger partial charge in [-0.15, -0.1) is 0 Å². The minimum atomic E-state index is 0.639. The number of hydrogen-bond acceptors (Lipinski definition) is 2. The molecule has 1 saturated heterocycles. The molecule has 88 valence electrons. The third-order valence-corrected chi connectivity index (χ3v) is 4.56. The monoisotopic (exact) mass is 235 g/mol. The van der Waals surface area contributed by atoms with Crippen molar-refractivity contribution in [3.8, 4) is 0 Å². The van der Waals surface area contributed by atoms with E-state index < -0.39 is 0 Å². The van der Waals surface area contributed by atoms with Crippen molar-refractivity contribution in [2.75, 3.05) is 11.1 Å².